The largest absolute Gasteiger partial charge is 0.466 e. The summed E-state index contributed by atoms with van der Waals surface area (Å²) >= 11 is 0. The van der Waals surface area contributed by atoms with Crippen LogP contribution in [0.3, 0.4) is 0 Å². The van der Waals surface area contributed by atoms with Gasteiger partial charge in [0.1, 0.15) is 17.2 Å². The van der Waals surface area contributed by atoms with E-state index in [1.807, 2.05) is 26.1 Å². The first-order valence-corrected chi connectivity index (χ1v) is 8.41. The molecule has 3 aromatic rings. The summed E-state index contributed by atoms with van der Waals surface area (Å²) in [4.78, 5) is 31.4. The number of furan rings is 1. The van der Waals surface area contributed by atoms with Crippen LogP contribution < -0.4 is 5.56 Å². The van der Waals surface area contributed by atoms with E-state index in [-0.39, 0.29) is 17.1 Å². The highest BCUT2D eigenvalue weighted by Crippen LogP contribution is 2.25. The van der Waals surface area contributed by atoms with Crippen molar-refractivity contribution >= 4 is 11.6 Å². The first-order valence-electron chi connectivity index (χ1n) is 8.41. The van der Waals surface area contributed by atoms with Crippen molar-refractivity contribution in [2.24, 2.45) is 7.05 Å². The number of amides is 1. The van der Waals surface area contributed by atoms with Crippen LogP contribution in [0.5, 0.6) is 0 Å². The highest BCUT2D eigenvalue weighted by atomic mass is 16.3. The van der Waals surface area contributed by atoms with Crippen LogP contribution in [0.2, 0.25) is 0 Å². The van der Waals surface area contributed by atoms with Gasteiger partial charge in [-0.3, -0.25) is 14.0 Å². The number of carbonyl (C=O) groups is 1. The van der Waals surface area contributed by atoms with Crippen LogP contribution in [0.15, 0.2) is 27.7 Å². The molecule has 1 aliphatic heterocycles. The Kier molecular flexibility index (Phi) is 3.52. The predicted molar refractivity (Wildman–Crippen MR) is 92.7 cm³/mol. The summed E-state index contributed by atoms with van der Waals surface area (Å²) in [6, 6.07) is 1.91. The molecule has 1 aliphatic rings. The lowest BCUT2D eigenvalue weighted by Gasteiger charge is -2.12. The van der Waals surface area contributed by atoms with E-state index in [4.69, 9.17) is 4.42 Å². The van der Waals surface area contributed by atoms with Crippen molar-refractivity contribution in [3.05, 3.63) is 46.0 Å². The van der Waals surface area contributed by atoms with E-state index < -0.39 is 0 Å². The van der Waals surface area contributed by atoms with Gasteiger partial charge in [-0.1, -0.05) is 0 Å². The molecule has 25 heavy (non-hydrogen) atoms. The Morgan fingerprint density at radius 1 is 1.20 bits per heavy atom. The maximum absolute atomic E-state index is 12.7. The minimum Gasteiger partial charge on any atom is -0.466 e. The van der Waals surface area contributed by atoms with Crippen LogP contribution in [0.1, 0.15) is 34.9 Å². The number of imidazole rings is 1. The van der Waals surface area contributed by atoms with Crippen molar-refractivity contribution in [3.63, 3.8) is 0 Å². The molecule has 0 bridgehead atoms. The van der Waals surface area contributed by atoms with E-state index in [0.717, 1.165) is 48.7 Å². The van der Waals surface area contributed by atoms with E-state index in [1.165, 1.54) is 0 Å². The smallest absolute Gasteiger partial charge is 0.294 e. The van der Waals surface area contributed by atoms with Gasteiger partial charge in [-0.2, -0.15) is 0 Å². The normalized spacial score (nSPS) is 14.6. The molecule has 0 spiro atoms. The zero-order chi connectivity index (χ0) is 17.7. The number of hydrogen-bond acceptors (Lipinski definition) is 4. The summed E-state index contributed by atoms with van der Waals surface area (Å²) in [6.07, 6.45) is 5.50. The summed E-state index contributed by atoms with van der Waals surface area (Å²) in [5, 5.41) is 0. The molecule has 0 aromatic carbocycles. The van der Waals surface area contributed by atoms with Crippen LogP contribution in [0.25, 0.3) is 16.9 Å². The van der Waals surface area contributed by atoms with Gasteiger partial charge in [-0.25, -0.2) is 4.98 Å². The van der Waals surface area contributed by atoms with E-state index in [2.05, 4.69) is 4.98 Å². The molecule has 0 unspecified atom stereocenters. The van der Waals surface area contributed by atoms with Gasteiger partial charge in [0, 0.05) is 38.1 Å². The van der Waals surface area contributed by atoms with E-state index in [1.54, 1.807) is 27.1 Å². The first kappa shape index (κ1) is 15.7. The van der Waals surface area contributed by atoms with E-state index in [9.17, 15) is 9.59 Å². The Bertz CT molecular complexity index is 1030. The van der Waals surface area contributed by atoms with E-state index in [0.29, 0.717) is 5.69 Å². The van der Waals surface area contributed by atoms with Gasteiger partial charge in [-0.05, 0) is 32.8 Å². The molecular formula is C18H20N4O3. The molecule has 0 saturated carbocycles. The lowest BCUT2D eigenvalue weighted by atomic mass is 10.2. The summed E-state index contributed by atoms with van der Waals surface area (Å²) in [5.74, 6) is 1.43. The third-order valence-corrected chi connectivity index (χ3v) is 4.78. The van der Waals surface area contributed by atoms with Crippen LogP contribution in [0.4, 0.5) is 0 Å². The molecule has 3 aromatic heterocycles. The molecule has 7 heteroatoms. The molecule has 4 heterocycles. The molecular weight excluding hydrogens is 320 g/mol. The monoisotopic (exact) mass is 340 g/mol. The fraction of sp³-hybridized carbons (Fsp3) is 0.389. The molecule has 4 rings (SSSR count). The van der Waals surface area contributed by atoms with Crippen molar-refractivity contribution < 1.29 is 9.21 Å². The zero-order valence-corrected chi connectivity index (χ0v) is 14.6. The van der Waals surface area contributed by atoms with E-state index >= 15 is 0 Å². The standard InChI is InChI=1S/C18H20N4O3/c1-11-8-13(12(2)25-11)15-10-22-9-14(17(23)21-6-4-5-7-21)19-16(22)18(24)20(15)3/h8-10H,4-7H2,1-3H3. The van der Waals surface area contributed by atoms with Crippen molar-refractivity contribution in [2.45, 2.75) is 26.7 Å². The Morgan fingerprint density at radius 2 is 1.92 bits per heavy atom. The highest BCUT2D eigenvalue weighted by Gasteiger charge is 2.23. The topological polar surface area (TPSA) is 72.8 Å². The van der Waals surface area contributed by atoms with Crippen molar-refractivity contribution in [1.29, 1.82) is 0 Å². The van der Waals surface area contributed by atoms with Crippen molar-refractivity contribution in [2.75, 3.05) is 13.1 Å². The zero-order valence-electron chi connectivity index (χ0n) is 14.6. The van der Waals surface area contributed by atoms with Gasteiger partial charge in [0.15, 0.2) is 0 Å². The quantitative estimate of drug-likeness (QED) is 0.716. The number of carbonyl (C=O) groups excluding carboxylic acids is 1. The molecule has 0 atom stereocenters. The molecule has 1 amide bonds. The number of rotatable bonds is 2. The second kappa shape index (κ2) is 5.61. The Hall–Kier alpha value is -2.83. The van der Waals surface area contributed by atoms with Crippen LogP contribution in [-0.2, 0) is 7.05 Å². The molecule has 0 aliphatic carbocycles. The number of hydrogen-bond donors (Lipinski definition) is 0. The second-order valence-electron chi connectivity index (χ2n) is 6.56. The number of likely N-dealkylation sites (tertiary alicyclic amines) is 1. The molecule has 0 radical (unpaired) electrons. The Balaban J connectivity index is 1.85. The predicted octanol–water partition coefficient (Wildman–Crippen LogP) is 2.15. The second-order valence-corrected chi connectivity index (χ2v) is 6.56. The van der Waals surface area contributed by atoms with Crippen LogP contribution >= 0.6 is 0 Å². The van der Waals surface area contributed by atoms with Gasteiger partial charge >= 0.3 is 0 Å². The minimum absolute atomic E-state index is 0.111. The number of fused-ring (bicyclic) bond motifs is 1. The SMILES string of the molecule is Cc1cc(-c2cn3cc(C(=O)N4CCCC4)nc3c(=O)n2C)c(C)o1. The minimum atomic E-state index is -0.240. The first-order chi connectivity index (χ1) is 12.0. The van der Waals surface area contributed by atoms with Crippen molar-refractivity contribution in [3.8, 4) is 11.3 Å². The molecule has 1 saturated heterocycles. The fourth-order valence-corrected chi connectivity index (χ4v) is 3.45. The summed E-state index contributed by atoms with van der Waals surface area (Å²) < 4.78 is 8.77. The van der Waals surface area contributed by atoms with Gasteiger partial charge in [-0.15, -0.1) is 0 Å². The third-order valence-electron chi connectivity index (χ3n) is 4.78. The summed E-state index contributed by atoms with van der Waals surface area (Å²) in [7, 11) is 1.70. The summed E-state index contributed by atoms with van der Waals surface area (Å²) in [5.41, 5.74) is 1.92. The molecule has 130 valence electrons. The number of aromatic nitrogens is 3. The summed E-state index contributed by atoms with van der Waals surface area (Å²) in [6.45, 7) is 5.25. The fourth-order valence-electron chi connectivity index (χ4n) is 3.45. The average molecular weight is 340 g/mol. The molecule has 7 nitrogen and oxygen atoms in total. The third kappa shape index (κ3) is 2.47. The van der Waals surface area contributed by atoms with Crippen LogP contribution in [0, 0.1) is 13.8 Å². The van der Waals surface area contributed by atoms with Crippen molar-refractivity contribution in [1.82, 2.24) is 18.9 Å². The average Bonchev–Trinajstić information content (AvgIpc) is 3.30. The number of aryl methyl sites for hydroxylation is 2. The Labute approximate surface area is 144 Å². The molecule has 1 fully saturated rings. The maximum Gasteiger partial charge on any atom is 0.294 e. The van der Waals surface area contributed by atoms with Gasteiger partial charge < -0.3 is 13.9 Å². The van der Waals surface area contributed by atoms with Gasteiger partial charge in [0.2, 0.25) is 5.65 Å². The van der Waals surface area contributed by atoms with Crippen LogP contribution in [-0.4, -0.2) is 37.8 Å². The van der Waals surface area contributed by atoms with Gasteiger partial charge in [0.05, 0.1) is 5.69 Å². The lowest BCUT2D eigenvalue weighted by Crippen LogP contribution is -2.27. The highest BCUT2D eigenvalue weighted by molar-refractivity contribution is 5.93. The molecule has 0 N–H and O–H groups in total. The van der Waals surface area contributed by atoms with Gasteiger partial charge in [0.25, 0.3) is 11.5 Å². The number of nitrogens with zero attached hydrogens (tertiary/aromatic N) is 4. The lowest BCUT2D eigenvalue weighted by molar-refractivity contribution is 0.0787. The Morgan fingerprint density at radius 3 is 2.56 bits per heavy atom. The maximum atomic E-state index is 12.7.